The Morgan fingerprint density at radius 2 is 2.06 bits per heavy atom. The number of hydrogen-bond acceptors (Lipinski definition) is 4. The fraction of sp³-hybridized carbons (Fsp3) is 0.636. The Labute approximate surface area is 104 Å². The SMILES string of the molecule is COCc1nc(N)c(Br)c(C2CCCC2)n1. The van der Waals surface area contributed by atoms with Gasteiger partial charge in [0, 0.05) is 13.0 Å². The van der Waals surface area contributed by atoms with Crippen molar-refractivity contribution < 1.29 is 4.74 Å². The molecule has 1 fully saturated rings. The van der Waals surface area contributed by atoms with Gasteiger partial charge < -0.3 is 10.5 Å². The molecule has 0 atom stereocenters. The van der Waals surface area contributed by atoms with Gasteiger partial charge in [-0.25, -0.2) is 9.97 Å². The number of nitrogen functional groups attached to an aromatic ring is 1. The van der Waals surface area contributed by atoms with Crippen LogP contribution in [0.3, 0.4) is 0 Å². The van der Waals surface area contributed by atoms with Gasteiger partial charge in [-0.15, -0.1) is 0 Å². The molecule has 0 saturated heterocycles. The van der Waals surface area contributed by atoms with Crippen LogP contribution in [0.15, 0.2) is 4.47 Å². The molecule has 16 heavy (non-hydrogen) atoms. The molecule has 0 amide bonds. The molecule has 1 aromatic rings. The van der Waals surface area contributed by atoms with Crippen molar-refractivity contribution in [1.29, 1.82) is 0 Å². The second kappa shape index (κ2) is 5.10. The van der Waals surface area contributed by atoms with Crippen molar-refractivity contribution in [2.24, 2.45) is 0 Å². The molecule has 1 saturated carbocycles. The van der Waals surface area contributed by atoms with Crippen molar-refractivity contribution in [3.8, 4) is 0 Å². The monoisotopic (exact) mass is 285 g/mol. The van der Waals surface area contributed by atoms with E-state index in [0.717, 1.165) is 10.2 Å². The smallest absolute Gasteiger partial charge is 0.156 e. The molecule has 0 bridgehead atoms. The van der Waals surface area contributed by atoms with E-state index in [1.54, 1.807) is 7.11 Å². The van der Waals surface area contributed by atoms with Crippen LogP contribution in [0.1, 0.15) is 43.1 Å². The lowest BCUT2D eigenvalue weighted by Gasteiger charge is -2.13. The van der Waals surface area contributed by atoms with Crippen molar-refractivity contribution in [1.82, 2.24) is 9.97 Å². The zero-order valence-corrected chi connectivity index (χ0v) is 11.0. The van der Waals surface area contributed by atoms with Gasteiger partial charge in [-0.1, -0.05) is 12.8 Å². The Kier molecular flexibility index (Phi) is 3.76. The van der Waals surface area contributed by atoms with Crippen molar-refractivity contribution in [2.75, 3.05) is 12.8 Å². The molecule has 5 heteroatoms. The lowest BCUT2D eigenvalue weighted by molar-refractivity contribution is 0.177. The van der Waals surface area contributed by atoms with E-state index in [9.17, 15) is 0 Å². The van der Waals surface area contributed by atoms with Gasteiger partial charge in [0.05, 0.1) is 10.2 Å². The number of halogens is 1. The molecule has 2 N–H and O–H groups in total. The zero-order chi connectivity index (χ0) is 11.5. The Morgan fingerprint density at radius 3 is 2.69 bits per heavy atom. The van der Waals surface area contributed by atoms with Crippen LogP contribution >= 0.6 is 15.9 Å². The zero-order valence-electron chi connectivity index (χ0n) is 9.37. The summed E-state index contributed by atoms with van der Waals surface area (Å²) in [6, 6.07) is 0. The molecule has 1 aliphatic carbocycles. The number of ether oxygens (including phenoxy) is 1. The Balaban J connectivity index is 2.33. The fourth-order valence-electron chi connectivity index (χ4n) is 2.20. The maximum absolute atomic E-state index is 5.87. The van der Waals surface area contributed by atoms with Crippen molar-refractivity contribution >= 4 is 21.7 Å². The molecule has 0 aliphatic heterocycles. The minimum absolute atomic E-state index is 0.414. The number of nitrogens with zero attached hydrogens (tertiary/aromatic N) is 2. The molecule has 1 aromatic heterocycles. The van der Waals surface area contributed by atoms with Gasteiger partial charge >= 0.3 is 0 Å². The minimum atomic E-state index is 0.414. The van der Waals surface area contributed by atoms with Gasteiger partial charge in [-0.05, 0) is 28.8 Å². The Morgan fingerprint density at radius 1 is 1.38 bits per heavy atom. The molecule has 2 rings (SSSR count). The van der Waals surface area contributed by atoms with E-state index in [1.165, 1.54) is 25.7 Å². The van der Waals surface area contributed by atoms with Gasteiger partial charge in [0.15, 0.2) is 5.82 Å². The van der Waals surface area contributed by atoms with E-state index >= 15 is 0 Å². The largest absolute Gasteiger partial charge is 0.383 e. The minimum Gasteiger partial charge on any atom is -0.383 e. The van der Waals surface area contributed by atoms with Crippen LogP contribution in [0, 0.1) is 0 Å². The van der Waals surface area contributed by atoms with Crippen LogP contribution in [0.5, 0.6) is 0 Å². The number of hydrogen-bond donors (Lipinski definition) is 1. The predicted molar refractivity (Wildman–Crippen MR) is 66.1 cm³/mol. The van der Waals surface area contributed by atoms with Gasteiger partial charge in [0.25, 0.3) is 0 Å². The topological polar surface area (TPSA) is 61.0 Å². The van der Waals surface area contributed by atoms with Crippen molar-refractivity contribution in [2.45, 2.75) is 38.2 Å². The lowest BCUT2D eigenvalue weighted by atomic mass is 10.0. The van der Waals surface area contributed by atoms with Crippen LogP contribution < -0.4 is 5.73 Å². The van der Waals surface area contributed by atoms with Crippen LogP contribution in [0.2, 0.25) is 0 Å². The third kappa shape index (κ3) is 2.35. The molecule has 88 valence electrons. The van der Waals surface area contributed by atoms with Crippen LogP contribution in [-0.4, -0.2) is 17.1 Å². The Hall–Kier alpha value is -0.680. The molecule has 0 aromatic carbocycles. The summed E-state index contributed by atoms with van der Waals surface area (Å²) in [6.45, 7) is 0.414. The number of nitrogens with two attached hydrogens (primary N) is 1. The summed E-state index contributed by atoms with van der Waals surface area (Å²) in [5, 5.41) is 0. The highest BCUT2D eigenvalue weighted by Gasteiger charge is 2.23. The molecular weight excluding hydrogens is 270 g/mol. The third-order valence-electron chi connectivity index (χ3n) is 2.96. The first kappa shape index (κ1) is 11.8. The number of anilines is 1. The summed E-state index contributed by atoms with van der Waals surface area (Å²) < 4.78 is 5.90. The lowest BCUT2D eigenvalue weighted by Crippen LogP contribution is -2.08. The molecule has 0 radical (unpaired) electrons. The molecule has 0 spiro atoms. The fourth-order valence-corrected chi connectivity index (χ4v) is 2.70. The second-order valence-electron chi connectivity index (χ2n) is 4.14. The highest BCUT2D eigenvalue weighted by molar-refractivity contribution is 9.10. The van der Waals surface area contributed by atoms with E-state index < -0.39 is 0 Å². The number of methoxy groups -OCH3 is 1. The summed E-state index contributed by atoms with van der Waals surface area (Å²) >= 11 is 3.48. The summed E-state index contributed by atoms with van der Waals surface area (Å²) in [5.74, 6) is 1.71. The van der Waals surface area contributed by atoms with Crippen molar-refractivity contribution in [3.63, 3.8) is 0 Å². The molecule has 0 unspecified atom stereocenters. The standard InChI is InChI=1S/C11H16BrN3O/c1-16-6-8-14-10(7-4-2-3-5-7)9(12)11(13)15-8/h7H,2-6H2,1H3,(H2,13,14,15). The van der Waals surface area contributed by atoms with E-state index in [-0.39, 0.29) is 0 Å². The average Bonchev–Trinajstić information content (AvgIpc) is 2.76. The summed E-state index contributed by atoms with van der Waals surface area (Å²) in [6.07, 6.45) is 4.95. The molecule has 4 nitrogen and oxygen atoms in total. The maximum Gasteiger partial charge on any atom is 0.156 e. The molecule has 1 aliphatic rings. The summed E-state index contributed by atoms with van der Waals surface area (Å²) in [5.41, 5.74) is 6.92. The quantitative estimate of drug-likeness (QED) is 0.927. The molecular formula is C11H16BrN3O. The Bertz CT molecular complexity index is 378. The van der Waals surface area contributed by atoms with Crippen molar-refractivity contribution in [3.05, 3.63) is 16.0 Å². The average molecular weight is 286 g/mol. The van der Waals surface area contributed by atoms with E-state index in [1.807, 2.05) is 0 Å². The predicted octanol–water partition coefficient (Wildman–Crippen LogP) is 2.63. The first-order valence-electron chi connectivity index (χ1n) is 5.53. The summed E-state index contributed by atoms with van der Waals surface area (Å²) in [7, 11) is 1.64. The van der Waals surface area contributed by atoms with Crippen LogP contribution in [0.25, 0.3) is 0 Å². The molecule has 1 heterocycles. The van der Waals surface area contributed by atoms with E-state index in [0.29, 0.717) is 24.2 Å². The third-order valence-corrected chi connectivity index (χ3v) is 3.78. The van der Waals surface area contributed by atoms with E-state index in [4.69, 9.17) is 10.5 Å². The number of rotatable bonds is 3. The van der Waals surface area contributed by atoms with Crippen LogP contribution in [-0.2, 0) is 11.3 Å². The maximum atomic E-state index is 5.87. The highest BCUT2D eigenvalue weighted by atomic mass is 79.9. The highest BCUT2D eigenvalue weighted by Crippen LogP contribution is 2.37. The number of aromatic nitrogens is 2. The first-order chi connectivity index (χ1) is 7.72. The van der Waals surface area contributed by atoms with E-state index in [2.05, 4.69) is 25.9 Å². The van der Waals surface area contributed by atoms with Gasteiger partial charge in [-0.3, -0.25) is 0 Å². The first-order valence-corrected chi connectivity index (χ1v) is 6.32. The van der Waals surface area contributed by atoms with Gasteiger partial charge in [-0.2, -0.15) is 0 Å². The normalized spacial score (nSPS) is 16.9. The van der Waals surface area contributed by atoms with Crippen LogP contribution in [0.4, 0.5) is 5.82 Å². The van der Waals surface area contributed by atoms with Gasteiger partial charge in [0.2, 0.25) is 0 Å². The summed E-state index contributed by atoms with van der Waals surface area (Å²) in [4.78, 5) is 8.73. The second-order valence-corrected chi connectivity index (χ2v) is 4.93. The van der Waals surface area contributed by atoms with Gasteiger partial charge in [0.1, 0.15) is 12.4 Å².